The van der Waals surface area contributed by atoms with Gasteiger partial charge in [0.2, 0.25) is 11.8 Å². The fourth-order valence-electron chi connectivity index (χ4n) is 7.53. The van der Waals surface area contributed by atoms with E-state index < -0.39 is 0 Å². The van der Waals surface area contributed by atoms with Gasteiger partial charge >= 0.3 is 0 Å². The number of unbranched alkanes of at least 4 members (excludes halogenated alkanes) is 2. The van der Waals surface area contributed by atoms with Crippen molar-refractivity contribution in [2.45, 2.75) is 76.0 Å². The van der Waals surface area contributed by atoms with Crippen LogP contribution < -0.4 is 10.6 Å². The molecule has 0 aromatic heterocycles. The monoisotopic (exact) mass is 572 g/mol. The summed E-state index contributed by atoms with van der Waals surface area (Å²) in [5.41, 5.74) is 2.17. The maximum absolute atomic E-state index is 13.8. The van der Waals surface area contributed by atoms with Gasteiger partial charge < -0.3 is 20.4 Å². The molecule has 0 atom stereocenters. The Bertz CT molecular complexity index is 987. The molecule has 6 nitrogen and oxygen atoms in total. The van der Waals surface area contributed by atoms with Crippen LogP contribution in [0.1, 0.15) is 87.2 Å². The van der Waals surface area contributed by atoms with Gasteiger partial charge in [0, 0.05) is 24.9 Å². The van der Waals surface area contributed by atoms with E-state index >= 15 is 0 Å². The van der Waals surface area contributed by atoms with Gasteiger partial charge in [-0.15, -0.1) is 0 Å². The van der Waals surface area contributed by atoms with Gasteiger partial charge in [-0.2, -0.15) is 0 Å². The summed E-state index contributed by atoms with van der Waals surface area (Å²) in [5, 5.41) is 6.56. The lowest BCUT2D eigenvalue weighted by molar-refractivity contribution is -0.140. The van der Waals surface area contributed by atoms with Crippen LogP contribution in [0.5, 0.6) is 0 Å². The Morgan fingerprint density at radius 1 is 0.548 bits per heavy atom. The van der Waals surface area contributed by atoms with E-state index in [1.165, 1.54) is 64.7 Å². The Morgan fingerprint density at radius 2 is 0.929 bits per heavy atom. The summed E-state index contributed by atoms with van der Waals surface area (Å²) in [5.74, 6) is -0.600. The van der Waals surface area contributed by atoms with E-state index in [2.05, 4.69) is 44.7 Å². The molecule has 6 heteroatoms. The van der Waals surface area contributed by atoms with Crippen molar-refractivity contribution in [3.63, 3.8) is 0 Å². The van der Waals surface area contributed by atoms with Crippen LogP contribution in [0.15, 0.2) is 60.7 Å². The summed E-state index contributed by atoms with van der Waals surface area (Å²) in [4.78, 5) is 32.8. The average Bonchev–Trinajstić information content (AvgIpc) is 3.02. The molecule has 42 heavy (non-hydrogen) atoms. The fraction of sp³-hybridized carbons (Fsp3) is 0.611. The maximum Gasteiger partial charge on any atom is 0.224 e. The molecule has 2 aromatic rings. The molecular weight excluding hydrogens is 520 g/mol. The number of benzene rings is 2. The van der Waals surface area contributed by atoms with Gasteiger partial charge in [-0.3, -0.25) is 9.59 Å². The number of nitrogens with one attached hydrogen (secondary N) is 2. The molecule has 3 aliphatic rings. The number of likely N-dealkylation sites (tertiary alicyclic amines) is 2. The number of nitrogens with zero attached hydrogens (tertiary/aromatic N) is 2. The topological polar surface area (TPSA) is 64.7 Å². The van der Waals surface area contributed by atoms with Gasteiger partial charge in [-0.05, 0) is 102 Å². The molecule has 1 saturated carbocycles. The third kappa shape index (κ3) is 8.23. The molecule has 228 valence electrons. The zero-order chi connectivity index (χ0) is 29.0. The van der Waals surface area contributed by atoms with Crippen molar-refractivity contribution in [1.29, 1.82) is 0 Å². The first kappa shape index (κ1) is 30.7. The summed E-state index contributed by atoms with van der Waals surface area (Å²) < 4.78 is 0. The minimum Gasteiger partial charge on any atom is -0.356 e. The van der Waals surface area contributed by atoms with Crippen molar-refractivity contribution < 1.29 is 9.59 Å². The largest absolute Gasteiger partial charge is 0.356 e. The molecular formula is C36H52N4O2. The summed E-state index contributed by atoms with van der Waals surface area (Å²) in [7, 11) is 0. The Kier molecular flexibility index (Phi) is 11.9. The highest BCUT2D eigenvalue weighted by Gasteiger charge is 2.57. The molecule has 2 aromatic carbocycles. The zero-order valence-corrected chi connectivity index (χ0v) is 25.5. The lowest BCUT2D eigenvalue weighted by Gasteiger charge is -2.50. The van der Waals surface area contributed by atoms with Crippen molar-refractivity contribution in [3.05, 3.63) is 71.8 Å². The van der Waals surface area contributed by atoms with Gasteiger partial charge in [0.05, 0.1) is 11.8 Å². The minimum atomic E-state index is -0.258. The van der Waals surface area contributed by atoms with E-state index in [4.69, 9.17) is 0 Å². The highest BCUT2D eigenvalue weighted by molar-refractivity contribution is 5.90. The van der Waals surface area contributed by atoms with Crippen molar-refractivity contribution >= 4 is 11.8 Å². The lowest BCUT2D eigenvalue weighted by Crippen LogP contribution is -2.56. The number of rotatable bonds is 14. The Balaban J connectivity index is 1.21. The van der Waals surface area contributed by atoms with Crippen LogP contribution in [0, 0.1) is 11.8 Å². The Hall–Kier alpha value is -2.70. The van der Waals surface area contributed by atoms with E-state index in [1.54, 1.807) is 0 Å². The summed E-state index contributed by atoms with van der Waals surface area (Å²) in [6, 6.07) is 20.5. The number of piperidine rings is 2. The predicted molar refractivity (Wildman–Crippen MR) is 170 cm³/mol. The van der Waals surface area contributed by atoms with Gasteiger partial charge in [-0.1, -0.05) is 73.5 Å². The first-order valence-corrected chi connectivity index (χ1v) is 16.8. The van der Waals surface area contributed by atoms with E-state index in [-0.39, 0.29) is 35.5 Å². The van der Waals surface area contributed by atoms with E-state index in [1.807, 2.05) is 36.4 Å². The molecule has 0 bridgehead atoms. The molecule has 2 N–H and O–H groups in total. The van der Waals surface area contributed by atoms with Crippen molar-refractivity contribution in [2.24, 2.45) is 11.8 Å². The van der Waals surface area contributed by atoms with Gasteiger partial charge in [-0.25, -0.2) is 0 Å². The number of hydrogen-bond donors (Lipinski definition) is 2. The van der Waals surface area contributed by atoms with Crippen LogP contribution in [0.3, 0.4) is 0 Å². The molecule has 2 aliphatic heterocycles. The number of carbonyl (C=O) groups is 2. The van der Waals surface area contributed by atoms with E-state index in [0.717, 1.165) is 49.9 Å². The minimum absolute atomic E-state index is 0.0845. The van der Waals surface area contributed by atoms with Gasteiger partial charge in [0.25, 0.3) is 0 Å². The molecule has 2 saturated heterocycles. The predicted octanol–water partition coefficient (Wildman–Crippen LogP) is 5.56. The standard InChI is InChI=1S/C36H52N4O2/c41-35(37-21-9-15-27-39-23-11-3-12-24-39)33-31(29-17-5-1-6-18-29)34(32(33)30-19-7-2-8-20-30)36(42)38-22-10-16-28-40-25-13-4-14-26-40/h1-2,5-8,17-20,31-34H,3-4,9-16,21-28H2,(H,37,41)(H,38,42). The van der Waals surface area contributed by atoms with Crippen LogP contribution in [-0.4, -0.2) is 74.0 Å². The first-order chi connectivity index (χ1) is 20.7. The first-order valence-electron chi connectivity index (χ1n) is 16.8. The second-order valence-corrected chi connectivity index (χ2v) is 12.7. The van der Waals surface area contributed by atoms with Crippen molar-refractivity contribution in [3.8, 4) is 0 Å². The lowest BCUT2D eigenvalue weighted by atomic mass is 9.52. The third-order valence-electron chi connectivity index (χ3n) is 9.82. The average molecular weight is 573 g/mol. The van der Waals surface area contributed by atoms with Crippen LogP contribution in [0.4, 0.5) is 0 Å². The summed E-state index contributed by atoms with van der Waals surface area (Å²) >= 11 is 0. The van der Waals surface area contributed by atoms with Crippen LogP contribution in [0.25, 0.3) is 0 Å². The molecule has 2 amide bonds. The van der Waals surface area contributed by atoms with E-state index in [0.29, 0.717) is 13.1 Å². The summed E-state index contributed by atoms with van der Waals surface area (Å²) in [6.07, 6.45) is 12.2. The normalized spacial score (nSPS) is 25.0. The molecule has 1 aliphatic carbocycles. The highest BCUT2D eigenvalue weighted by atomic mass is 16.2. The maximum atomic E-state index is 13.8. The van der Waals surface area contributed by atoms with E-state index in [9.17, 15) is 9.59 Å². The molecule has 0 spiro atoms. The fourth-order valence-corrected chi connectivity index (χ4v) is 7.53. The van der Waals surface area contributed by atoms with Crippen LogP contribution >= 0.6 is 0 Å². The SMILES string of the molecule is O=C(NCCCCN1CCCCC1)C1C(c2ccccc2)C(C(=O)NCCCCN2CCCCC2)C1c1ccccc1. The Labute approximate surface area is 253 Å². The molecule has 3 fully saturated rings. The number of carbonyl (C=O) groups excluding carboxylic acids is 2. The van der Waals surface area contributed by atoms with Crippen LogP contribution in [-0.2, 0) is 9.59 Å². The van der Waals surface area contributed by atoms with Crippen molar-refractivity contribution in [1.82, 2.24) is 20.4 Å². The highest BCUT2D eigenvalue weighted by Crippen LogP contribution is 2.57. The van der Waals surface area contributed by atoms with Gasteiger partial charge in [0.15, 0.2) is 0 Å². The van der Waals surface area contributed by atoms with Crippen LogP contribution in [0.2, 0.25) is 0 Å². The second-order valence-electron chi connectivity index (χ2n) is 12.7. The van der Waals surface area contributed by atoms with Gasteiger partial charge in [0.1, 0.15) is 0 Å². The third-order valence-corrected chi connectivity index (χ3v) is 9.82. The smallest absolute Gasteiger partial charge is 0.224 e. The number of hydrogen-bond acceptors (Lipinski definition) is 4. The molecule has 0 radical (unpaired) electrons. The second kappa shape index (κ2) is 16.2. The number of amides is 2. The van der Waals surface area contributed by atoms with Crippen molar-refractivity contribution in [2.75, 3.05) is 52.4 Å². The molecule has 5 rings (SSSR count). The molecule has 2 heterocycles. The summed E-state index contributed by atoms with van der Waals surface area (Å²) in [6.45, 7) is 8.50. The Morgan fingerprint density at radius 3 is 1.31 bits per heavy atom. The quantitative estimate of drug-likeness (QED) is 0.291. The molecule has 0 unspecified atom stereocenters. The zero-order valence-electron chi connectivity index (χ0n) is 25.5.